The lowest BCUT2D eigenvalue weighted by Gasteiger charge is -2.26. The largest absolute Gasteiger partial charge is 0.387 e. The van der Waals surface area contributed by atoms with Crippen LogP contribution >= 0.6 is 11.8 Å². The molecule has 7 nitrogen and oxygen atoms in total. The monoisotopic (exact) mass is 308 g/mol. The number of hydrogen-bond acceptors (Lipinski definition) is 6. The van der Waals surface area contributed by atoms with Gasteiger partial charge in [-0.2, -0.15) is 0 Å². The summed E-state index contributed by atoms with van der Waals surface area (Å²) in [6.45, 7) is 0. The van der Waals surface area contributed by atoms with Crippen molar-refractivity contribution in [2.45, 2.75) is 30.0 Å². The molecule has 9 heteroatoms. The van der Waals surface area contributed by atoms with E-state index in [4.69, 9.17) is 4.74 Å². The van der Waals surface area contributed by atoms with Crippen LogP contribution in [0.2, 0.25) is 0 Å². The van der Waals surface area contributed by atoms with E-state index in [9.17, 15) is 24.2 Å². The van der Waals surface area contributed by atoms with Crippen molar-refractivity contribution in [2.75, 3.05) is 13.3 Å². The van der Waals surface area contributed by atoms with Crippen LogP contribution in [-0.2, 0) is 9.53 Å². The molecule has 0 bridgehead atoms. The fraction of sp³-hybridized carbons (Fsp3) is 0.636. The molecular weight excluding hydrogens is 291 g/mol. The Morgan fingerprint density at radius 2 is 2.15 bits per heavy atom. The average molecular weight is 308 g/mol. The van der Waals surface area contributed by atoms with Gasteiger partial charge in [0.05, 0.1) is 0 Å². The Kier molecular flexibility index (Phi) is 6.40. The molecular formula is C11H17FN2O5S. The molecule has 1 aliphatic rings. The Bertz CT molecular complexity index is 384. The van der Waals surface area contributed by atoms with Crippen molar-refractivity contribution in [2.24, 2.45) is 0 Å². The molecule has 0 unspecified atom stereocenters. The molecule has 0 aliphatic carbocycles. The lowest BCUT2D eigenvalue weighted by Crippen LogP contribution is -2.47. The Morgan fingerprint density at radius 3 is 2.65 bits per heavy atom. The first kappa shape index (κ1) is 16.9. The predicted octanol–water partition coefficient (Wildman–Crippen LogP) is -0.554. The molecule has 0 spiro atoms. The van der Waals surface area contributed by atoms with E-state index in [0.717, 1.165) is 28.9 Å². The van der Waals surface area contributed by atoms with Gasteiger partial charge in [-0.1, -0.05) is 0 Å². The number of urea groups is 1. The number of amides is 2. The molecule has 0 saturated carbocycles. The predicted molar refractivity (Wildman–Crippen MR) is 70.6 cm³/mol. The van der Waals surface area contributed by atoms with Gasteiger partial charge in [0, 0.05) is 13.2 Å². The molecule has 1 saturated heterocycles. The van der Waals surface area contributed by atoms with Crippen LogP contribution in [0.3, 0.4) is 0 Å². The number of aliphatic hydroxyl groups is 2. The Hall–Kier alpha value is -1.16. The molecule has 3 N–H and O–H groups in total. The number of alkyl halides is 1. The van der Waals surface area contributed by atoms with E-state index in [-0.39, 0.29) is 0 Å². The molecule has 1 fully saturated rings. The van der Waals surface area contributed by atoms with Gasteiger partial charge in [0.15, 0.2) is 11.7 Å². The third-order valence-corrected chi connectivity index (χ3v) is 3.53. The number of nitrogens with zero attached hydrogens (tertiary/aromatic N) is 1. The summed E-state index contributed by atoms with van der Waals surface area (Å²) in [5.74, 6) is 0. The summed E-state index contributed by atoms with van der Waals surface area (Å²) >= 11 is 0.818. The fourth-order valence-electron chi connectivity index (χ4n) is 1.79. The lowest BCUT2D eigenvalue weighted by atomic mass is 10.1. The smallest absolute Gasteiger partial charge is 0.323 e. The van der Waals surface area contributed by atoms with E-state index in [1.54, 1.807) is 0 Å². The first-order chi connectivity index (χ1) is 9.47. The molecule has 20 heavy (non-hydrogen) atoms. The highest BCUT2D eigenvalue weighted by molar-refractivity contribution is 7.99. The first-order valence-corrected chi connectivity index (χ1v) is 7.07. The van der Waals surface area contributed by atoms with Crippen molar-refractivity contribution in [1.82, 2.24) is 10.2 Å². The number of ether oxygens (including phenoxy) is 1. The number of aldehydes is 1. The summed E-state index contributed by atoms with van der Waals surface area (Å²) in [6, 6.07) is -0.667. The van der Waals surface area contributed by atoms with Crippen molar-refractivity contribution in [3.05, 3.63) is 12.3 Å². The van der Waals surface area contributed by atoms with Crippen LogP contribution in [-0.4, -0.2) is 70.8 Å². The minimum absolute atomic E-state index is 0.436. The van der Waals surface area contributed by atoms with Crippen LogP contribution in [0.1, 0.15) is 0 Å². The maximum atomic E-state index is 13.6. The van der Waals surface area contributed by atoms with Gasteiger partial charge in [-0.05, 0) is 12.3 Å². The fourth-order valence-corrected chi connectivity index (χ4v) is 2.28. The zero-order valence-corrected chi connectivity index (χ0v) is 11.8. The van der Waals surface area contributed by atoms with Gasteiger partial charge in [-0.15, -0.1) is 11.8 Å². The van der Waals surface area contributed by atoms with Gasteiger partial charge < -0.3 is 20.3 Å². The van der Waals surface area contributed by atoms with Gasteiger partial charge >= 0.3 is 6.03 Å². The second-order valence-corrected chi connectivity index (χ2v) is 4.92. The highest BCUT2D eigenvalue weighted by atomic mass is 32.2. The second-order valence-electron chi connectivity index (χ2n) is 4.00. The summed E-state index contributed by atoms with van der Waals surface area (Å²) in [6.07, 6.45) is -1.47. The van der Waals surface area contributed by atoms with E-state index >= 15 is 0 Å². The minimum atomic E-state index is -1.55. The molecule has 5 atom stereocenters. The zero-order valence-electron chi connectivity index (χ0n) is 11.0. The summed E-state index contributed by atoms with van der Waals surface area (Å²) in [5.41, 5.74) is -1.55. The number of rotatable bonds is 5. The zero-order chi connectivity index (χ0) is 15.3. The van der Waals surface area contributed by atoms with E-state index in [0.29, 0.717) is 6.29 Å². The van der Waals surface area contributed by atoms with Gasteiger partial charge in [0.1, 0.15) is 24.6 Å². The summed E-state index contributed by atoms with van der Waals surface area (Å²) in [4.78, 5) is 22.9. The van der Waals surface area contributed by atoms with E-state index < -0.39 is 36.1 Å². The van der Waals surface area contributed by atoms with E-state index in [1.807, 2.05) is 0 Å². The maximum Gasteiger partial charge on any atom is 0.323 e. The van der Waals surface area contributed by atoms with Crippen molar-refractivity contribution >= 4 is 24.1 Å². The summed E-state index contributed by atoms with van der Waals surface area (Å²) in [7, 11) is 1.35. The van der Waals surface area contributed by atoms with Gasteiger partial charge in [0.2, 0.25) is 0 Å². The third kappa shape index (κ3) is 3.48. The van der Waals surface area contributed by atoms with Crippen LogP contribution in [0.25, 0.3) is 0 Å². The topological polar surface area (TPSA) is 99.1 Å². The summed E-state index contributed by atoms with van der Waals surface area (Å²) in [5, 5.41) is 22.0. The van der Waals surface area contributed by atoms with Crippen LogP contribution in [0.5, 0.6) is 0 Å². The third-order valence-electron chi connectivity index (χ3n) is 2.81. The molecule has 114 valence electrons. The number of thioether (sulfide) groups is 1. The number of aliphatic hydroxyl groups excluding tert-OH is 2. The van der Waals surface area contributed by atoms with Gasteiger partial charge in [-0.25, -0.2) is 9.18 Å². The lowest BCUT2D eigenvalue weighted by molar-refractivity contribution is -0.104. The van der Waals surface area contributed by atoms with Crippen molar-refractivity contribution in [1.29, 1.82) is 0 Å². The quantitative estimate of drug-likeness (QED) is 0.465. The second kappa shape index (κ2) is 7.58. The Balaban J connectivity index is 2.94. The minimum Gasteiger partial charge on any atom is -0.387 e. The van der Waals surface area contributed by atoms with Gasteiger partial charge in [-0.3, -0.25) is 9.69 Å². The molecule has 0 aromatic rings. The standard InChI is InChI=1S/C11H17FN2O5S/c1-13-11(18)14(4-3-5-15)10-7(17)6(16)8(19-10)9(12)20-2/h3-10,16-17H,1-2H3,(H,13,18)/b4-3-/t6-,7+,8-,9+,10+/m0/s1. The summed E-state index contributed by atoms with van der Waals surface area (Å²) < 4.78 is 18.8. The number of allylic oxidation sites excluding steroid dienone is 1. The SMILES string of the molecule is CNC(=O)N(/C=C\C=O)[C@@H]1O[C@H]([C@H](F)SC)[C@@H](O)[C@H]1O. The first-order valence-electron chi connectivity index (χ1n) is 5.78. The number of carbonyl (C=O) groups is 2. The maximum absolute atomic E-state index is 13.6. The molecule has 0 aromatic carbocycles. The Morgan fingerprint density at radius 1 is 1.50 bits per heavy atom. The molecule has 1 rings (SSSR count). The molecule has 0 aromatic heterocycles. The number of hydrogen-bond donors (Lipinski definition) is 3. The van der Waals surface area contributed by atoms with Crippen LogP contribution in [0, 0.1) is 0 Å². The highest BCUT2D eigenvalue weighted by Crippen LogP contribution is 2.31. The van der Waals surface area contributed by atoms with E-state index in [2.05, 4.69) is 5.32 Å². The molecule has 1 heterocycles. The van der Waals surface area contributed by atoms with Crippen molar-refractivity contribution in [3.8, 4) is 0 Å². The number of halogens is 1. The van der Waals surface area contributed by atoms with E-state index in [1.165, 1.54) is 13.3 Å². The van der Waals surface area contributed by atoms with Gasteiger partial charge in [0.25, 0.3) is 0 Å². The van der Waals surface area contributed by atoms with Crippen LogP contribution in [0.4, 0.5) is 9.18 Å². The highest BCUT2D eigenvalue weighted by Gasteiger charge is 2.49. The Labute approximate surface area is 119 Å². The molecule has 1 aliphatic heterocycles. The van der Waals surface area contributed by atoms with Crippen molar-refractivity contribution < 1.29 is 28.9 Å². The average Bonchev–Trinajstić information content (AvgIpc) is 2.75. The molecule has 2 amide bonds. The number of nitrogens with one attached hydrogen (secondary N) is 1. The number of carbonyl (C=O) groups excluding carboxylic acids is 2. The van der Waals surface area contributed by atoms with Crippen molar-refractivity contribution in [3.63, 3.8) is 0 Å². The normalized spacial score (nSPS) is 31.2. The molecule has 0 radical (unpaired) electrons. The van der Waals surface area contributed by atoms with Crippen LogP contribution in [0.15, 0.2) is 12.3 Å². The van der Waals surface area contributed by atoms with Crippen LogP contribution < -0.4 is 5.32 Å².